The van der Waals surface area contributed by atoms with Crippen molar-refractivity contribution in [2.45, 2.75) is 20.8 Å². The third-order valence-electron chi connectivity index (χ3n) is 2.67. The van der Waals surface area contributed by atoms with Gasteiger partial charge in [-0.1, -0.05) is 12.2 Å². The van der Waals surface area contributed by atoms with Crippen LogP contribution in [0.4, 0.5) is 0 Å². The number of rotatable bonds is 6. The molecular weight excluding hydrogens is 256 g/mol. The summed E-state index contributed by atoms with van der Waals surface area (Å²) in [7, 11) is 0. The average Bonchev–Trinajstić information content (AvgIpc) is 2.42. The summed E-state index contributed by atoms with van der Waals surface area (Å²) in [6.07, 6.45) is 1.44. The molecule has 0 saturated heterocycles. The first kappa shape index (κ1) is 15.9. The lowest BCUT2D eigenvalue weighted by atomic mass is 10.2. The molecule has 1 amide bonds. The molecule has 0 unspecified atom stereocenters. The van der Waals surface area contributed by atoms with Crippen LogP contribution >= 0.6 is 0 Å². The molecule has 0 aliphatic rings. The smallest absolute Gasteiger partial charge is 0.340 e. The Bertz CT molecular complexity index is 494. The summed E-state index contributed by atoms with van der Waals surface area (Å²) in [6.45, 7) is 10.1. The number of pyridine rings is 1. The number of aromatic nitrogens is 1. The van der Waals surface area contributed by atoms with Crippen LogP contribution in [0.25, 0.3) is 0 Å². The Morgan fingerprint density at radius 1 is 1.40 bits per heavy atom. The van der Waals surface area contributed by atoms with Gasteiger partial charge in [-0.25, -0.2) is 4.79 Å². The lowest BCUT2D eigenvalue weighted by molar-refractivity contribution is -0.133. The van der Waals surface area contributed by atoms with E-state index in [4.69, 9.17) is 4.74 Å². The summed E-state index contributed by atoms with van der Waals surface area (Å²) < 4.78 is 4.99. The van der Waals surface area contributed by atoms with Gasteiger partial charge < -0.3 is 9.64 Å². The van der Waals surface area contributed by atoms with E-state index in [2.05, 4.69) is 11.6 Å². The molecule has 0 aromatic carbocycles. The van der Waals surface area contributed by atoms with Crippen molar-refractivity contribution in [1.29, 1.82) is 0 Å². The highest BCUT2D eigenvalue weighted by atomic mass is 16.5. The van der Waals surface area contributed by atoms with E-state index in [9.17, 15) is 9.59 Å². The number of carbonyl (C=O) groups is 2. The molecule has 0 N–H and O–H groups in total. The molecule has 1 rings (SSSR count). The fraction of sp³-hybridized carbons (Fsp3) is 0.400. The van der Waals surface area contributed by atoms with E-state index < -0.39 is 5.97 Å². The van der Waals surface area contributed by atoms with Crippen molar-refractivity contribution in [3.8, 4) is 0 Å². The maximum absolute atomic E-state index is 11.9. The lowest BCUT2D eigenvalue weighted by Gasteiger charge is -2.20. The van der Waals surface area contributed by atoms with Crippen LogP contribution in [0.5, 0.6) is 0 Å². The first-order valence-corrected chi connectivity index (χ1v) is 6.46. The van der Waals surface area contributed by atoms with Crippen LogP contribution in [0, 0.1) is 6.92 Å². The Balaban J connectivity index is 2.53. The zero-order valence-corrected chi connectivity index (χ0v) is 12.2. The number of aryl methyl sites for hydroxylation is 1. The quantitative estimate of drug-likeness (QED) is 0.589. The van der Waals surface area contributed by atoms with Gasteiger partial charge in [-0.2, -0.15) is 0 Å². The van der Waals surface area contributed by atoms with Crippen molar-refractivity contribution in [2.75, 3.05) is 19.7 Å². The van der Waals surface area contributed by atoms with Crippen LogP contribution in [0.3, 0.4) is 0 Å². The highest BCUT2D eigenvalue weighted by Gasteiger charge is 2.15. The van der Waals surface area contributed by atoms with Crippen LogP contribution in [0.1, 0.15) is 29.9 Å². The predicted molar refractivity (Wildman–Crippen MR) is 76.3 cm³/mol. The normalized spacial score (nSPS) is 9.95. The van der Waals surface area contributed by atoms with Gasteiger partial charge in [-0.3, -0.25) is 9.78 Å². The first-order chi connectivity index (χ1) is 9.43. The molecule has 1 heterocycles. The molecule has 1 aromatic rings. The molecule has 0 radical (unpaired) electrons. The predicted octanol–water partition coefficient (Wildman–Crippen LogP) is 1.97. The van der Waals surface area contributed by atoms with Gasteiger partial charge in [0.25, 0.3) is 5.91 Å². The monoisotopic (exact) mass is 276 g/mol. The molecule has 1 aromatic heterocycles. The SMILES string of the molecule is C=C(C)CN(CC)C(=O)COC(=O)c1ccc(C)nc1. The molecule has 0 spiro atoms. The summed E-state index contributed by atoms with van der Waals surface area (Å²) in [5, 5.41) is 0. The maximum Gasteiger partial charge on any atom is 0.340 e. The second kappa shape index (κ2) is 7.43. The van der Waals surface area contributed by atoms with E-state index in [1.807, 2.05) is 20.8 Å². The zero-order valence-electron chi connectivity index (χ0n) is 12.2. The van der Waals surface area contributed by atoms with Crippen LogP contribution in [-0.4, -0.2) is 41.5 Å². The standard InChI is InChI=1S/C15H20N2O3/c1-5-17(9-11(2)3)14(18)10-20-15(19)13-7-6-12(4)16-8-13/h6-8H,2,5,9-10H2,1,3-4H3. The van der Waals surface area contributed by atoms with Crippen molar-refractivity contribution < 1.29 is 14.3 Å². The molecule has 0 aliphatic carbocycles. The molecule has 20 heavy (non-hydrogen) atoms. The zero-order chi connectivity index (χ0) is 15.1. The van der Waals surface area contributed by atoms with Crippen LogP contribution in [0.2, 0.25) is 0 Å². The number of ether oxygens (including phenoxy) is 1. The third-order valence-corrected chi connectivity index (χ3v) is 2.67. The lowest BCUT2D eigenvalue weighted by Crippen LogP contribution is -2.35. The minimum absolute atomic E-state index is 0.232. The van der Waals surface area contributed by atoms with Crippen LogP contribution < -0.4 is 0 Å². The summed E-state index contributed by atoms with van der Waals surface area (Å²) >= 11 is 0. The molecule has 0 fully saturated rings. The second-order valence-electron chi connectivity index (χ2n) is 4.63. The van der Waals surface area contributed by atoms with E-state index in [-0.39, 0.29) is 12.5 Å². The van der Waals surface area contributed by atoms with Crippen molar-refractivity contribution in [3.63, 3.8) is 0 Å². The number of hydrogen-bond donors (Lipinski definition) is 0. The highest BCUT2D eigenvalue weighted by molar-refractivity contribution is 5.91. The minimum Gasteiger partial charge on any atom is -0.452 e. The topological polar surface area (TPSA) is 59.5 Å². The van der Waals surface area contributed by atoms with Gasteiger partial charge in [0.15, 0.2) is 6.61 Å². The van der Waals surface area contributed by atoms with Gasteiger partial charge in [0, 0.05) is 25.0 Å². The van der Waals surface area contributed by atoms with Gasteiger partial charge in [0.2, 0.25) is 0 Å². The van der Waals surface area contributed by atoms with E-state index in [0.717, 1.165) is 11.3 Å². The highest BCUT2D eigenvalue weighted by Crippen LogP contribution is 2.03. The number of hydrogen-bond acceptors (Lipinski definition) is 4. The van der Waals surface area contributed by atoms with Crippen LogP contribution in [-0.2, 0) is 9.53 Å². The fourth-order valence-corrected chi connectivity index (χ4v) is 1.59. The van der Waals surface area contributed by atoms with Crippen molar-refractivity contribution >= 4 is 11.9 Å². The van der Waals surface area contributed by atoms with Gasteiger partial charge in [-0.15, -0.1) is 0 Å². The largest absolute Gasteiger partial charge is 0.452 e. The Kier molecular flexibility index (Phi) is 5.90. The molecular formula is C15H20N2O3. The Hall–Kier alpha value is -2.17. The third kappa shape index (κ3) is 4.84. The number of esters is 1. The average molecular weight is 276 g/mol. The first-order valence-electron chi connectivity index (χ1n) is 6.46. The summed E-state index contributed by atoms with van der Waals surface area (Å²) in [6, 6.07) is 3.35. The van der Waals surface area contributed by atoms with E-state index >= 15 is 0 Å². The van der Waals surface area contributed by atoms with Gasteiger partial charge in [0.05, 0.1) is 5.56 Å². The van der Waals surface area contributed by atoms with Gasteiger partial charge in [-0.05, 0) is 32.9 Å². The summed E-state index contributed by atoms with van der Waals surface area (Å²) in [5.41, 5.74) is 2.04. The number of likely N-dealkylation sites (N-methyl/N-ethyl adjacent to an activating group) is 1. The number of nitrogens with zero attached hydrogens (tertiary/aromatic N) is 2. The summed E-state index contributed by atoms with van der Waals surface area (Å²) in [5.74, 6) is -0.777. The Morgan fingerprint density at radius 3 is 2.60 bits per heavy atom. The molecule has 0 atom stereocenters. The second-order valence-corrected chi connectivity index (χ2v) is 4.63. The molecule has 0 bridgehead atoms. The van der Waals surface area contributed by atoms with E-state index in [1.54, 1.807) is 17.0 Å². The Morgan fingerprint density at radius 2 is 2.10 bits per heavy atom. The summed E-state index contributed by atoms with van der Waals surface area (Å²) in [4.78, 5) is 29.2. The van der Waals surface area contributed by atoms with E-state index in [1.165, 1.54) is 6.20 Å². The van der Waals surface area contributed by atoms with Crippen LogP contribution in [0.15, 0.2) is 30.5 Å². The fourth-order valence-electron chi connectivity index (χ4n) is 1.59. The van der Waals surface area contributed by atoms with Crippen molar-refractivity contribution in [1.82, 2.24) is 9.88 Å². The molecule has 108 valence electrons. The number of carbonyl (C=O) groups excluding carboxylic acids is 2. The maximum atomic E-state index is 11.9. The van der Waals surface area contributed by atoms with E-state index in [0.29, 0.717) is 18.7 Å². The molecule has 0 aliphatic heterocycles. The number of amides is 1. The van der Waals surface area contributed by atoms with Gasteiger partial charge in [0.1, 0.15) is 0 Å². The molecule has 0 saturated carbocycles. The van der Waals surface area contributed by atoms with Crippen molar-refractivity contribution in [2.24, 2.45) is 0 Å². The van der Waals surface area contributed by atoms with Crippen molar-refractivity contribution in [3.05, 3.63) is 41.7 Å². The van der Waals surface area contributed by atoms with Gasteiger partial charge >= 0.3 is 5.97 Å². The minimum atomic E-state index is -0.544. The molecule has 5 heteroatoms. The molecule has 5 nitrogen and oxygen atoms in total. The Labute approximate surface area is 119 Å².